The van der Waals surface area contributed by atoms with Crippen LogP contribution in [-0.2, 0) is 4.79 Å². The van der Waals surface area contributed by atoms with E-state index in [1.807, 2.05) is 37.3 Å². The van der Waals surface area contributed by atoms with Crippen LogP contribution in [0.25, 0.3) is 5.69 Å². The van der Waals surface area contributed by atoms with Gasteiger partial charge >= 0.3 is 0 Å². The molecule has 1 saturated carbocycles. The summed E-state index contributed by atoms with van der Waals surface area (Å²) < 4.78 is 1.31. The predicted molar refractivity (Wildman–Crippen MR) is 109 cm³/mol. The second-order valence-corrected chi connectivity index (χ2v) is 7.76. The lowest BCUT2D eigenvalue weighted by molar-refractivity contribution is -0.126. The van der Waals surface area contributed by atoms with E-state index < -0.39 is 0 Å². The van der Waals surface area contributed by atoms with Gasteiger partial charge in [-0.05, 0) is 31.9 Å². The van der Waals surface area contributed by atoms with Crippen molar-refractivity contribution >= 4 is 23.2 Å². The van der Waals surface area contributed by atoms with Gasteiger partial charge in [0.05, 0.1) is 23.6 Å². The highest BCUT2D eigenvalue weighted by Gasteiger charge is 2.30. The van der Waals surface area contributed by atoms with E-state index in [0.717, 1.165) is 25.9 Å². The molecule has 4 rings (SSSR count). The molecule has 1 atom stereocenters. The summed E-state index contributed by atoms with van der Waals surface area (Å²) in [4.78, 5) is 29.2. The Balaban J connectivity index is 1.44. The fourth-order valence-electron chi connectivity index (χ4n) is 3.46. The van der Waals surface area contributed by atoms with Gasteiger partial charge in [-0.1, -0.05) is 29.8 Å². The quantitative estimate of drug-likeness (QED) is 0.825. The van der Waals surface area contributed by atoms with Crippen molar-refractivity contribution < 1.29 is 4.79 Å². The number of halogens is 1. The van der Waals surface area contributed by atoms with Crippen LogP contribution in [0.2, 0.25) is 5.02 Å². The zero-order valence-corrected chi connectivity index (χ0v) is 16.6. The van der Waals surface area contributed by atoms with E-state index in [4.69, 9.17) is 11.6 Å². The zero-order valence-electron chi connectivity index (χ0n) is 15.8. The van der Waals surface area contributed by atoms with Gasteiger partial charge in [-0.15, -0.1) is 0 Å². The first kappa shape index (κ1) is 19.0. The Morgan fingerprint density at radius 3 is 2.50 bits per heavy atom. The molecule has 2 fully saturated rings. The molecular weight excluding hydrogens is 378 g/mol. The van der Waals surface area contributed by atoms with Crippen molar-refractivity contribution in [3.63, 3.8) is 0 Å². The highest BCUT2D eigenvalue weighted by atomic mass is 35.5. The molecule has 2 aliphatic rings. The van der Waals surface area contributed by atoms with E-state index in [1.54, 1.807) is 6.20 Å². The molecule has 1 aromatic heterocycles. The van der Waals surface area contributed by atoms with Gasteiger partial charge < -0.3 is 10.2 Å². The van der Waals surface area contributed by atoms with Crippen LogP contribution in [0.3, 0.4) is 0 Å². The molecule has 1 N–H and O–H groups in total. The first-order valence-corrected chi connectivity index (χ1v) is 10.0. The van der Waals surface area contributed by atoms with Crippen LogP contribution in [0, 0.1) is 0 Å². The minimum atomic E-state index is -0.329. The number of para-hydroxylation sites is 1. The zero-order chi connectivity index (χ0) is 19.7. The second kappa shape index (κ2) is 7.93. The maximum Gasteiger partial charge on any atom is 0.292 e. The summed E-state index contributed by atoms with van der Waals surface area (Å²) in [6.45, 7) is 4.80. The highest BCUT2D eigenvalue weighted by molar-refractivity contribution is 6.33. The van der Waals surface area contributed by atoms with Crippen LogP contribution in [0.5, 0.6) is 0 Å². The summed E-state index contributed by atoms with van der Waals surface area (Å²) in [7, 11) is 0. The third-order valence-electron chi connectivity index (χ3n) is 5.41. The number of hydrogen-bond donors (Lipinski definition) is 1. The number of rotatable bonds is 5. The van der Waals surface area contributed by atoms with Gasteiger partial charge in [0.15, 0.2) is 0 Å². The van der Waals surface area contributed by atoms with Gasteiger partial charge in [-0.25, -0.2) is 0 Å². The highest BCUT2D eigenvalue weighted by Crippen LogP contribution is 2.24. The SMILES string of the molecule is C[C@H](C(=O)NC1CC1)N1CCN(c2cnn(-c3ccccc3)c(=O)c2Cl)CC1. The number of hydrogen-bond acceptors (Lipinski definition) is 5. The number of aromatic nitrogens is 2. The second-order valence-electron chi connectivity index (χ2n) is 7.38. The van der Waals surface area contributed by atoms with E-state index in [-0.39, 0.29) is 22.5 Å². The van der Waals surface area contributed by atoms with E-state index in [0.29, 0.717) is 30.5 Å². The predicted octanol–water partition coefficient (Wildman–Crippen LogP) is 1.67. The molecule has 2 heterocycles. The van der Waals surface area contributed by atoms with Gasteiger partial charge in [0, 0.05) is 32.2 Å². The van der Waals surface area contributed by atoms with E-state index in [9.17, 15) is 9.59 Å². The van der Waals surface area contributed by atoms with Gasteiger partial charge in [0.1, 0.15) is 5.02 Å². The topological polar surface area (TPSA) is 70.5 Å². The minimum Gasteiger partial charge on any atom is -0.366 e. The maximum absolute atomic E-state index is 12.7. The smallest absolute Gasteiger partial charge is 0.292 e. The molecule has 1 aromatic carbocycles. The Kier molecular flexibility index (Phi) is 5.37. The van der Waals surface area contributed by atoms with Crippen molar-refractivity contribution in [2.24, 2.45) is 0 Å². The Morgan fingerprint density at radius 2 is 1.86 bits per heavy atom. The van der Waals surface area contributed by atoms with Crippen molar-refractivity contribution in [2.75, 3.05) is 31.1 Å². The standard InChI is InChI=1S/C20H24ClN5O2/c1-14(19(27)23-15-7-8-15)24-9-11-25(12-10-24)17-13-22-26(20(28)18(17)21)16-5-3-2-4-6-16/h2-6,13-15H,7-12H2,1H3,(H,23,27)/t14-/m1/s1. The summed E-state index contributed by atoms with van der Waals surface area (Å²) in [5.74, 6) is 0.0982. The Bertz CT molecular complexity index is 905. The summed E-state index contributed by atoms with van der Waals surface area (Å²) in [5.41, 5.74) is 1.000. The average molecular weight is 402 g/mol. The molecule has 1 amide bonds. The number of carbonyl (C=O) groups excluding carboxylic acids is 1. The molecule has 8 heteroatoms. The molecule has 0 radical (unpaired) electrons. The Labute approximate surface area is 168 Å². The van der Waals surface area contributed by atoms with Gasteiger partial charge in [-0.2, -0.15) is 9.78 Å². The van der Waals surface area contributed by atoms with Crippen molar-refractivity contribution in [1.82, 2.24) is 20.0 Å². The van der Waals surface area contributed by atoms with Crippen LogP contribution < -0.4 is 15.8 Å². The molecule has 1 aliphatic carbocycles. The summed E-state index contributed by atoms with van der Waals surface area (Å²) in [6.07, 6.45) is 3.83. The molecule has 7 nitrogen and oxygen atoms in total. The largest absolute Gasteiger partial charge is 0.366 e. The minimum absolute atomic E-state index is 0.0982. The first-order chi connectivity index (χ1) is 13.5. The maximum atomic E-state index is 12.7. The van der Waals surface area contributed by atoms with E-state index >= 15 is 0 Å². The fourth-order valence-corrected chi connectivity index (χ4v) is 3.71. The average Bonchev–Trinajstić information content (AvgIpc) is 3.54. The number of nitrogens with zero attached hydrogens (tertiary/aromatic N) is 4. The molecule has 2 aromatic rings. The molecule has 0 unspecified atom stereocenters. The Hall–Kier alpha value is -2.38. The number of nitrogens with one attached hydrogen (secondary N) is 1. The van der Waals surface area contributed by atoms with Crippen LogP contribution in [0.15, 0.2) is 41.3 Å². The van der Waals surface area contributed by atoms with Crippen LogP contribution in [-0.4, -0.2) is 58.9 Å². The summed E-state index contributed by atoms with van der Waals surface area (Å²) >= 11 is 6.40. The number of anilines is 1. The lowest BCUT2D eigenvalue weighted by Gasteiger charge is -2.38. The van der Waals surface area contributed by atoms with E-state index in [1.165, 1.54) is 4.68 Å². The van der Waals surface area contributed by atoms with Crippen molar-refractivity contribution in [3.8, 4) is 5.69 Å². The van der Waals surface area contributed by atoms with Gasteiger partial charge in [-0.3, -0.25) is 14.5 Å². The van der Waals surface area contributed by atoms with Crippen molar-refractivity contribution in [3.05, 3.63) is 51.9 Å². The van der Waals surface area contributed by atoms with E-state index in [2.05, 4.69) is 20.2 Å². The van der Waals surface area contributed by atoms with Crippen molar-refractivity contribution in [2.45, 2.75) is 31.8 Å². The third kappa shape index (κ3) is 3.91. The molecular formula is C20H24ClN5O2. The monoisotopic (exact) mass is 401 g/mol. The van der Waals surface area contributed by atoms with Crippen molar-refractivity contribution in [1.29, 1.82) is 0 Å². The third-order valence-corrected chi connectivity index (χ3v) is 5.76. The number of amides is 1. The normalized spacial score (nSPS) is 18.7. The lowest BCUT2D eigenvalue weighted by Crippen LogP contribution is -2.54. The molecule has 28 heavy (non-hydrogen) atoms. The number of carbonyl (C=O) groups is 1. The molecule has 1 aliphatic heterocycles. The van der Waals surface area contributed by atoms with Crippen LogP contribution in [0.4, 0.5) is 5.69 Å². The molecule has 0 spiro atoms. The number of benzene rings is 1. The van der Waals surface area contributed by atoms with Crippen LogP contribution >= 0.6 is 11.6 Å². The Morgan fingerprint density at radius 1 is 1.18 bits per heavy atom. The first-order valence-electron chi connectivity index (χ1n) is 9.67. The molecule has 1 saturated heterocycles. The fraction of sp³-hybridized carbons (Fsp3) is 0.450. The summed E-state index contributed by atoms with van der Waals surface area (Å²) in [5, 5.41) is 7.54. The van der Waals surface area contributed by atoms with Gasteiger partial charge in [0.2, 0.25) is 5.91 Å². The molecule has 0 bridgehead atoms. The number of piperazine rings is 1. The lowest BCUT2D eigenvalue weighted by atomic mass is 10.2. The van der Waals surface area contributed by atoms with Crippen LogP contribution in [0.1, 0.15) is 19.8 Å². The van der Waals surface area contributed by atoms with Gasteiger partial charge in [0.25, 0.3) is 5.56 Å². The summed E-state index contributed by atoms with van der Waals surface area (Å²) in [6, 6.07) is 9.44. The molecule has 148 valence electrons.